The molecule has 7 nitrogen and oxygen atoms in total. The zero-order valence-electron chi connectivity index (χ0n) is 16.2. The van der Waals surface area contributed by atoms with Crippen LogP contribution in [0.25, 0.3) is 0 Å². The molecule has 0 unspecified atom stereocenters. The molecule has 0 atom stereocenters. The van der Waals surface area contributed by atoms with Gasteiger partial charge in [-0.05, 0) is 73.9 Å². The minimum absolute atomic E-state index is 0.0174. The molecule has 3 aromatic carbocycles. The summed E-state index contributed by atoms with van der Waals surface area (Å²) in [6, 6.07) is 17.1. The van der Waals surface area contributed by atoms with E-state index in [0.29, 0.717) is 11.4 Å². The highest BCUT2D eigenvalue weighted by molar-refractivity contribution is 7.86. The van der Waals surface area contributed by atoms with Crippen LogP contribution >= 0.6 is 0 Å². The predicted molar refractivity (Wildman–Crippen MR) is 112 cm³/mol. The van der Waals surface area contributed by atoms with Gasteiger partial charge in [-0.3, -0.25) is 4.55 Å². The normalized spacial score (nSPS) is 12.1. The van der Waals surface area contributed by atoms with E-state index in [1.807, 2.05) is 51.1 Å². The van der Waals surface area contributed by atoms with E-state index in [9.17, 15) is 13.0 Å². The van der Waals surface area contributed by atoms with Gasteiger partial charge in [0.2, 0.25) is 0 Å². The maximum Gasteiger partial charge on any atom is 0.296 e. The van der Waals surface area contributed by atoms with E-state index in [0.717, 1.165) is 16.7 Å². The van der Waals surface area contributed by atoms with Crippen LogP contribution < -0.4 is 0 Å². The van der Waals surface area contributed by atoms with Crippen LogP contribution in [0.3, 0.4) is 0 Å². The van der Waals surface area contributed by atoms with Gasteiger partial charge in [0.05, 0.1) is 17.1 Å². The quantitative estimate of drug-likeness (QED) is 0.375. The third-order valence-electron chi connectivity index (χ3n) is 4.34. The summed E-state index contributed by atoms with van der Waals surface area (Å²) in [7, 11) is -4.52. The molecule has 0 amide bonds. The molecule has 3 rings (SSSR count). The van der Waals surface area contributed by atoms with Crippen molar-refractivity contribution in [3.63, 3.8) is 0 Å². The molecule has 8 heteroatoms. The van der Waals surface area contributed by atoms with Crippen molar-refractivity contribution < 1.29 is 13.0 Å². The molecule has 0 aliphatic heterocycles. The van der Waals surface area contributed by atoms with Crippen molar-refractivity contribution in [2.45, 2.75) is 25.7 Å². The average Bonchev–Trinajstić information content (AvgIpc) is 2.68. The van der Waals surface area contributed by atoms with E-state index < -0.39 is 10.1 Å². The molecular formula is C21H20N4O3S. The average molecular weight is 408 g/mol. The lowest BCUT2D eigenvalue weighted by atomic mass is 10.1. The first-order valence-corrected chi connectivity index (χ1v) is 10.3. The van der Waals surface area contributed by atoms with Crippen molar-refractivity contribution in [3.05, 3.63) is 77.4 Å². The summed E-state index contributed by atoms with van der Waals surface area (Å²) >= 11 is 0. The Balaban J connectivity index is 1.97. The van der Waals surface area contributed by atoms with Gasteiger partial charge < -0.3 is 0 Å². The predicted octanol–water partition coefficient (Wildman–Crippen LogP) is 6.69. The minimum atomic E-state index is -4.52. The smallest absolute Gasteiger partial charge is 0.282 e. The Morgan fingerprint density at radius 3 is 1.97 bits per heavy atom. The molecule has 0 saturated carbocycles. The van der Waals surface area contributed by atoms with Crippen molar-refractivity contribution >= 4 is 32.9 Å². The molecule has 148 valence electrons. The molecule has 3 aromatic rings. The van der Waals surface area contributed by atoms with Crippen LogP contribution in [0.4, 0.5) is 22.7 Å². The largest absolute Gasteiger partial charge is 0.296 e. The van der Waals surface area contributed by atoms with Gasteiger partial charge in [0.1, 0.15) is 10.6 Å². The number of hydrogen-bond donors (Lipinski definition) is 1. The van der Waals surface area contributed by atoms with Gasteiger partial charge in [0, 0.05) is 0 Å². The molecule has 0 saturated heterocycles. The Morgan fingerprint density at radius 1 is 0.655 bits per heavy atom. The topological polar surface area (TPSA) is 104 Å². The number of nitrogens with zero attached hydrogens (tertiary/aromatic N) is 4. The molecule has 0 spiro atoms. The maximum atomic E-state index is 11.8. The summed E-state index contributed by atoms with van der Waals surface area (Å²) in [5, 5.41) is 16.3. The number of benzene rings is 3. The molecule has 0 aliphatic rings. The summed E-state index contributed by atoms with van der Waals surface area (Å²) < 4.78 is 33.3. The van der Waals surface area contributed by atoms with E-state index in [2.05, 4.69) is 20.5 Å². The fraction of sp³-hybridized carbons (Fsp3) is 0.143. The van der Waals surface area contributed by atoms with Crippen molar-refractivity contribution in [3.8, 4) is 0 Å². The van der Waals surface area contributed by atoms with Crippen LogP contribution in [0.5, 0.6) is 0 Å². The van der Waals surface area contributed by atoms with Gasteiger partial charge in [0.15, 0.2) is 0 Å². The number of aryl methyl sites for hydroxylation is 3. The van der Waals surface area contributed by atoms with Crippen LogP contribution in [0, 0.1) is 20.8 Å². The molecule has 0 aromatic heterocycles. The summed E-state index contributed by atoms with van der Waals surface area (Å²) in [5.41, 5.74) is 4.63. The lowest BCUT2D eigenvalue weighted by Gasteiger charge is -2.06. The molecule has 0 aliphatic carbocycles. The van der Waals surface area contributed by atoms with Crippen molar-refractivity contribution in [1.29, 1.82) is 0 Å². The second kappa shape index (κ2) is 8.42. The highest BCUT2D eigenvalue weighted by atomic mass is 32.2. The highest BCUT2D eigenvalue weighted by Gasteiger charge is 2.17. The molecule has 0 bridgehead atoms. The van der Waals surface area contributed by atoms with Gasteiger partial charge in [-0.25, -0.2) is 0 Å². The van der Waals surface area contributed by atoms with Gasteiger partial charge in [-0.2, -0.15) is 23.8 Å². The third-order valence-corrected chi connectivity index (χ3v) is 5.22. The Morgan fingerprint density at radius 2 is 1.28 bits per heavy atom. The fourth-order valence-electron chi connectivity index (χ4n) is 2.63. The summed E-state index contributed by atoms with van der Waals surface area (Å²) in [6.45, 7) is 5.86. The molecule has 0 heterocycles. The summed E-state index contributed by atoms with van der Waals surface area (Å²) in [4.78, 5) is -0.382. The zero-order valence-corrected chi connectivity index (χ0v) is 17.1. The molecule has 1 N–H and O–H groups in total. The van der Waals surface area contributed by atoms with Crippen molar-refractivity contribution in [2.75, 3.05) is 0 Å². The Hall–Kier alpha value is -3.23. The highest BCUT2D eigenvalue weighted by Crippen LogP contribution is 2.32. The van der Waals surface area contributed by atoms with Crippen LogP contribution in [0.15, 0.2) is 86.0 Å². The first-order valence-electron chi connectivity index (χ1n) is 8.82. The van der Waals surface area contributed by atoms with E-state index >= 15 is 0 Å². The molecule has 29 heavy (non-hydrogen) atoms. The Labute approximate surface area is 169 Å². The first-order chi connectivity index (χ1) is 13.7. The second-order valence-corrected chi connectivity index (χ2v) is 7.98. The first kappa shape index (κ1) is 20.5. The Bertz CT molecular complexity index is 1200. The fourth-order valence-corrected chi connectivity index (χ4v) is 3.27. The van der Waals surface area contributed by atoms with E-state index in [1.165, 1.54) is 12.1 Å². The standard InChI is InChI=1S/C21H20N4O3S/c1-14-11-16(3)20(12-15(14)2)25-24-19-10-9-18(13-21(19)29(26,27)28)23-22-17-7-5-4-6-8-17/h4-13H,1-3H3,(H,26,27,28). The lowest BCUT2D eigenvalue weighted by molar-refractivity contribution is 0.483. The van der Waals surface area contributed by atoms with Gasteiger partial charge in [0.25, 0.3) is 10.1 Å². The van der Waals surface area contributed by atoms with Crippen LogP contribution in [0.2, 0.25) is 0 Å². The molecule has 0 fully saturated rings. The SMILES string of the molecule is Cc1cc(C)c(N=Nc2ccc(N=Nc3ccccc3)cc2S(=O)(=O)O)cc1C. The molecule has 0 radical (unpaired) electrons. The van der Waals surface area contributed by atoms with Gasteiger partial charge in [-0.1, -0.05) is 24.3 Å². The summed E-state index contributed by atoms with van der Waals surface area (Å²) in [5.74, 6) is 0. The monoisotopic (exact) mass is 408 g/mol. The minimum Gasteiger partial charge on any atom is -0.282 e. The maximum absolute atomic E-state index is 11.8. The van der Waals surface area contributed by atoms with E-state index in [-0.39, 0.29) is 16.3 Å². The van der Waals surface area contributed by atoms with Crippen molar-refractivity contribution in [2.24, 2.45) is 20.5 Å². The number of hydrogen-bond acceptors (Lipinski definition) is 6. The van der Waals surface area contributed by atoms with Gasteiger partial charge >= 0.3 is 0 Å². The number of azo groups is 2. The van der Waals surface area contributed by atoms with E-state index in [1.54, 1.807) is 18.2 Å². The van der Waals surface area contributed by atoms with E-state index in [4.69, 9.17) is 0 Å². The van der Waals surface area contributed by atoms with Crippen LogP contribution in [-0.2, 0) is 10.1 Å². The lowest BCUT2D eigenvalue weighted by Crippen LogP contribution is -1.98. The molecular weight excluding hydrogens is 388 g/mol. The van der Waals surface area contributed by atoms with Gasteiger partial charge in [-0.15, -0.1) is 5.11 Å². The number of rotatable bonds is 5. The zero-order chi connectivity index (χ0) is 21.0. The van der Waals surface area contributed by atoms with Crippen LogP contribution in [0.1, 0.15) is 16.7 Å². The Kier molecular flexibility index (Phi) is 5.95. The van der Waals surface area contributed by atoms with Crippen molar-refractivity contribution in [1.82, 2.24) is 0 Å². The summed E-state index contributed by atoms with van der Waals surface area (Å²) in [6.07, 6.45) is 0. The van der Waals surface area contributed by atoms with Crippen LogP contribution in [-0.4, -0.2) is 13.0 Å². The second-order valence-electron chi connectivity index (χ2n) is 6.59. The third kappa shape index (κ3) is 5.18.